The second-order valence-corrected chi connectivity index (χ2v) is 5.33. The Morgan fingerprint density at radius 2 is 2.25 bits per heavy atom. The van der Waals surface area contributed by atoms with Crippen molar-refractivity contribution in [2.45, 2.75) is 51.0 Å². The van der Waals surface area contributed by atoms with Crippen LogP contribution in [0.2, 0.25) is 0 Å². The third kappa shape index (κ3) is 1.67. The van der Waals surface area contributed by atoms with Gasteiger partial charge in [0.25, 0.3) is 0 Å². The first-order chi connectivity index (χ1) is 7.88. The molecule has 3 heteroatoms. The molecule has 0 bridgehead atoms. The summed E-state index contributed by atoms with van der Waals surface area (Å²) in [5.41, 5.74) is 7.12. The number of aryl methyl sites for hydroxylation is 1. The maximum atomic E-state index is 5.66. The minimum atomic E-state index is 0.755. The van der Waals surface area contributed by atoms with E-state index in [1.165, 1.54) is 56.6 Å². The van der Waals surface area contributed by atoms with Gasteiger partial charge in [-0.15, -0.1) is 0 Å². The Bertz CT molecular complexity index is 365. The van der Waals surface area contributed by atoms with Crippen LogP contribution in [-0.4, -0.2) is 16.1 Å². The molecule has 0 saturated heterocycles. The lowest BCUT2D eigenvalue weighted by Gasteiger charge is -2.30. The molecular formula is C13H21N3. The first-order valence-electron chi connectivity index (χ1n) is 6.63. The molecule has 1 aromatic rings. The van der Waals surface area contributed by atoms with Gasteiger partial charge >= 0.3 is 0 Å². The quantitative estimate of drug-likeness (QED) is 0.845. The van der Waals surface area contributed by atoms with Gasteiger partial charge in [-0.25, -0.2) is 4.98 Å². The molecule has 1 saturated carbocycles. The molecule has 1 unspecified atom stereocenters. The van der Waals surface area contributed by atoms with Crippen LogP contribution in [0, 0.1) is 5.92 Å². The summed E-state index contributed by atoms with van der Waals surface area (Å²) in [6.07, 6.45) is 9.85. The van der Waals surface area contributed by atoms with Crippen molar-refractivity contribution < 1.29 is 0 Å². The number of hydrogen-bond acceptors (Lipinski definition) is 2. The van der Waals surface area contributed by atoms with Gasteiger partial charge in [0, 0.05) is 24.4 Å². The molecule has 16 heavy (non-hydrogen) atoms. The average Bonchev–Trinajstić information content (AvgIpc) is 2.60. The minimum Gasteiger partial charge on any atom is -0.332 e. The normalized spacial score (nSPS) is 25.2. The van der Waals surface area contributed by atoms with Gasteiger partial charge in [0.05, 0.1) is 0 Å². The number of hydrogen-bond donors (Lipinski definition) is 1. The predicted octanol–water partition coefficient (Wildman–Crippen LogP) is 2.06. The van der Waals surface area contributed by atoms with Crippen LogP contribution in [0.5, 0.6) is 0 Å². The first kappa shape index (κ1) is 10.3. The maximum Gasteiger partial charge on any atom is 0.111 e. The lowest BCUT2D eigenvalue weighted by Crippen LogP contribution is -2.25. The molecule has 2 N–H and O–H groups in total. The highest BCUT2D eigenvalue weighted by atomic mass is 15.1. The number of nitrogens with two attached hydrogens (primary N) is 1. The average molecular weight is 219 g/mol. The Kier molecular flexibility index (Phi) is 2.72. The summed E-state index contributed by atoms with van der Waals surface area (Å²) in [6.45, 7) is 1.99. The Balaban J connectivity index is 1.80. The van der Waals surface area contributed by atoms with Crippen molar-refractivity contribution in [3.05, 3.63) is 17.7 Å². The van der Waals surface area contributed by atoms with Gasteiger partial charge in [-0.1, -0.05) is 6.42 Å². The highest BCUT2D eigenvalue weighted by Crippen LogP contribution is 2.37. The van der Waals surface area contributed by atoms with Crippen LogP contribution in [-0.2, 0) is 13.0 Å². The SMILES string of the molecule is NCCC1CCc2cnc(C3CCC3)n2C1. The molecule has 3 rings (SSSR count). The van der Waals surface area contributed by atoms with Crippen molar-refractivity contribution in [2.75, 3.05) is 6.54 Å². The summed E-state index contributed by atoms with van der Waals surface area (Å²) in [7, 11) is 0. The van der Waals surface area contributed by atoms with E-state index in [1.54, 1.807) is 0 Å². The fraction of sp³-hybridized carbons (Fsp3) is 0.769. The fourth-order valence-corrected chi connectivity index (χ4v) is 3.00. The van der Waals surface area contributed by atoms with E-state index in [1.807, 2.05) is 0 Å². The van der Waals surface area contributed by atoms with Crippen molar-refractivity contribution in [1.29, 1.82) is 0 Å². The molecule has 0 amide bonds. The topological polar surface area (TPSA) is 43.8 Å². The van der Waals surface area contributed by atoms with Gasteiger partial charge in [0.1, 0.15) is 5.82 Å². The van der Waals surface area contributed by atoms with Gasteiger partial charge in [-0.2, -0.15) is 0 Å². The van der Waals surface area contributed by atoms with Gasteiger partial charge in [-0.05, 0) is 44.6 Å². The zero-order chi connectivity index (χ0) is 11.0. The van der Waals surface area contributed by atoms with Crippen LogP contribution < -0.4 is 5.73 Å². The number of rotatable bonds is 3. The third-order valence-electron chi connectivity index (χ3n) is 4.26. The van der Waals surface area contributed by atoms with Crippen LogP contribution in [0.25, 0.3) is 0 Å². The summed E-state index contributed by atoms with van der Waals surface area (Å²) >= 11 is 0. The molecular weight excluding hydrogens is 198 g/mol. The summed E-state index contributed by atoms with van der Waals surface area (Å²) < 4.78 is 2.49. The molecule has 0 aromatic carbocycles. The van der Waals surface area contributed by atoms with E-state index < -0.39 is 0 Å². The fourth-order valence-electron chi connectivity index (χ4n) is 3.00. The molecule has 1 atom stereocenters. The molecule has 88 valence electrons. The van der Waals surface area contributed by atoms with E-state index in [2.05, 4.69) is 15.7 Å². The molecule has 2 aliphatic rings. The second-order valence-electron chi connectivity index (χ2n) is 5.33. The largest absolute Gasteiger partial charge is 0.332 e. The van der Waals surface area contributed by atoms with Gasteiger partial charge in [0.2, 0.25) is 0 Å². The van der Waals surface area contributed by atoms with Crippen molar-refractivity contribution in [2.24, 2.45) is 11.7 Å². The highest BCUT2D eigenvalue weighted by Gasteiger charge is 2.28. The van der Waals surface area contributed by atoms with Crippen molar-refractivity contribution in [1.82, 2.24) is 9.55 Å². The minimum absolute atomic E-state index is 0.755. The van der Waals surface area contributed by atoms with E-state index in [9.17, 15) is 0 Å². The number of aromatic nitrogens is 2. The monoisotopic (exact) mass is 219 g/mol. The Hall–Kier alpha value is -0.830. The van der Waals surface area contributed by atoms with E-state index >= 15 is 0 Å². The van der Waals surface area contributed by atoms with E-state index in [0.717, 1.165) is 18.4 Å². The molecule has 1 aliphatic heterocycles. The van der Waals surface area contributed by atoms with Gasteiger partial charge in [0.15, 0.2) is 0 Å². The van der Waals surface area contributed by atoms with E-state index in [4.69, 9.17) is 5.73 Å². The molecule has 0 radical (unpaired) electrons. The van der Waals surface area contributed by atoms with Crippen LogP contribution in [0.3, 0.4) is 0 Å². The lowest BCUT2D eigenvalue weighted by atomic mass is 9.84. The maximum absolute atomic E-state index is 5.66. The lowest BCUT2D eigenvalue weighted by molar-refractivity contribution is 0.321. The zero-order valence-corrected chi connectivity index (χ0v) is 9.86. The second kappa shape index (κ2) is 4.21. The van der Waals surface area contributed by atoms with Gasteiger partial charge in [-0.3, -0.25) is 0 Å². The van der Waals surface area contributed by atoms with E-state index in [-0.39, 0.29) is 0 Å². The number of imidazole rings is 1. The number of fused-ring (bicyclic) bond motifs is 1. The number of nitrogens with zero attached hydrogens (tertiary/aromatic N) is 2. The Morgan fingerprint density at radius 3 is 2.94 bits per heavy atom. The summed E-state index contributed by atoms with van der Waals surface area (Å²) in [5.74, 6) is 2.90. The van der Waals surface area contributed by atoms with Crippen molar-refractivity contribution in [3.8, 4) is 0 Å². The standard InChI is InChI=1S/C13H21N3/c14-7-6-10-4-5-12-8-15-13(16(12)9-10)11-2-1-3-11/h8,10-11H,1-7,9,14H2. The van der Waals surface area contributed by atoms with Crippen molar-refractivity contribution >= 4 is 0 Å². The van der Waals surface area contributed by atoms with Crippen LogP contribution in [0.1, 0.15) is 49.5 Å². The molecule has 1 aromatic heterocycles. The molecule has 1 aliphatic carbocycles. The molecule has 3 nitrogen and oxygen atoms in total. The summed E-state index contributed by atoms with van der Waals surface area (Å²) in [4.78, 5) is 4.65. The van der Waals surface area contributed by atoms with E-state index in [0.29, 0.717) is 0 Å². The van der Waals surface area contributed by atoms with Crippen LogP contribution in [0.4, 0.5) is 0 Å². The highest BCUT2D eigenvalue weighted by molar-refractivity contribution is 5.13. The van der Waals surface area contributed by atoms with Crippen LogP contribution >= 0.6 is 0 Å². The van der Waals surface area contributed by atoms with Crippen LogP contribution in [0.15, 0.2) is 6.20 Å². The molecule has 1 fully saturated rings. The first-order valence-corrected chi connectivity index (χ1v) is 6.63. The summed E-state index contributed by atoms with van der Waals surface area (Å²) in [6, 6.07) is 0. The van der Waals surface area contributed by atoms with Gasteiger partial charge < -0.3 is 10.3 Å². The third-order valence-corrected chi connectivity index (χ3v) is 4.26. The smallest absolute Gasteiger partial charge is 0.111 e. The molecule has 0 spiro atoms. The Morgan fingerprint density at radius 1 is 1.38 bits per heavy atom. The zero-order valence-electron chi connectivity index (χ0n) is 9.86. The predicted molar refractivity (Wildman–Crippen MR) is 64.3 cm³/mol. The Labute approximate surface area is 97.0 Å². The molecule has 2 heterocycles. The summed E-state index contributed by atoms with van der Waals surface area (Å²) in [5, 5.41) is 0. The van der Waals surface area contributed by atoms with Crippen molar-refractivity contribution in [3.63, 3.8) is 0 Å².